The van der Waals surface area contributed by atoms with Crippen LogP contribution >= 0.6 is 0 Å². The minimum absolute atomic E-state index is 0.0899. The van der Waals surface area contributed by atoms with E-state index < -0.39 is 0 Å². The number of aromatic nitrogens is 1. The number of methoxy groups -OCH3 is 2. The second-order valence-electron chi connectivity index (χ2n) is 6.21. The number of Topliss-reactive ketones (excluding diaryl/α,β-unsaturated/α-hetero) is 1. The first-order valence-corrected chi connectivity index (χ1v) is 8.54. The third-order valence-corrected chi connectivity index (χ3v) is 4.63. The van der Waals surface area contributed by atoms with Crippen LogP contribution in [0.1, 0.15) is 28.9 Å². The Morgan fingerprint density at radius 2 is 2.04 bits per heavy atom. The second kappa shape index (κ2) is 7.87. The number of benzene rings is 1. The normalized spacial score (nSPS) is 16.7. The van der Waals surface area contributed by atoms with Crippen molar-refractivity contribution in [3.63, 3.8) is 0 Å². The van der Waals surface area contributed by atoms with Crippen LogP contribution < -0.4 is 14.4 Å². The van der Waals surface area contributed by atoms with Crippen LogP contribution in [0.4, 0.5) is 5.82 Å². The number of rotatable bonds is 5. The van der Waals surface area contributed by atoms with Gasteiger partial charge < -0.3 is 14.4 Å². The van der Waals surface area contributed by atoms with Gasteiger partial charge in [0.15, 0.2) is 17.3 Å². The Labute approximate surface area is 153 Å². The van der Waals surface area contributed by atoms with Gasteiger partial charge in [-0.05, 0) is 43.2 Å². The zero-order valence-electron chi connectivity index (χ0n) is 14.9. The topological polar surface area (TPSA) is 75.5 Å². The Morgan fingerprint density at radius 1 is 1.23 bits per heavy atom. The van der Waals surface area contributed by atoms with Gasteiger partial charge in [-0.15, -0.1) is 0 Å². The highest BCUT2D eigenvalue weighted by molar-refractivity contribution is 5.98. The smallest absolute Gasteiger partial charge is 0.167 e. The van der Waals surface area contributed by atoms with Crippen LogP contribution in [0.5, 0.6) is 11.5 Å². The van der Waals surface area contributed by atoms with Crippen molar-refractivity contribution in [2.45, 2.75) is 12.8 Å². The summed E-state index contributed by atoms with van der Waals surface area (Å²) < 4.78 is 10.5. The number of carbonyl (C=O) groups excluding carboxylic acids is 1. The molecule has 2 heterocycles. The van der Waals surface area contributed by atoms with E-state index in [9.17, 15) is 4.79 Å². The first kappa shape index (κ1) is 17.7. The standard InChI is InChI=1S/C20H21N3O3/c1-25-17-9-8-14(11-18(17)26-2)20(24)15-5-4-10-23(13-15)19-7-3-6-16(12-21)22-19/h3,6-9,11,15H,4-5,10,13H2,1-2H3. The number of carbonyl (C=O) groups is 1. The van der Waals surface area contributed by atoms with Crippen molar-refractivity contribution < 1.29 is 14.3 Å². The van der Waals surface area contributed by atoms with Crippen molar-refractivity contribution in [1.82, 2.24) is 4.98 Å². The average molecular weight is 351 g/mol. The van der Waals surface area contributed by atoms with Crippen molar-refractivity contribution in [1.29, 1.82) is 5.26 Å². The predicted octanol–water partition coefficient (Wildman–Crippen LogP) is 3.07. The molecule has 1 saturated heterocycles. The second-order valence-corrected chi connectivity index (χ2v) is 6.21. The fraction of sp³-hybridized carbons (Fsp3) is 0.350. The summed E-state index contributed by atoms with van der Waals surface area (Å²) in [7, 11) is 3.13. The SMILES string of the molecule is COc1ccc(C(=O)C2CCCN(c3cccc(C#N)n3)C2)cc1OC. The molecule has 0 N–H and O–H groups in total. The molecule has 2 aromatic rings. The summed E-state index contributed by atoms with van der Waals surface area (Å²) in [5.74, 6) is 1.87. The van der Waals surface area contributed by atoms with Crippen LogP contribution in [0.15, 0.2) is 36.4 Å². The van der Waals surface area contributed by atoms with E-state index in [4.69, 9.17) is 14.7 Å². The van der Waals surface area contributed by atoms with Crippen LogP contribution in [0, 0.1) is 17.2 Å². The number of piperidine rings is 1. The summed E-state index contributed by atoms with van der Waals surface area (Å²) in [6, 6.07) is 12.7. The fourth-order valence-electron chi connectivity index (χ4n) is 3.29. The molecule has 0 saturated carbocycles. The number of anilines is 1. The molecule has 1 aromatic carbocycles. The number of hydrogen-bond acceptors (Lipinski definition) is 6. The molecule has 0 amide bonds. The van der Waals surface area contributed by atoms with Gasteiger partial charge in [0, 0.05) is 24.6 Å². The molecule has 0 spiro atoms. The Morgan fingerprint density at radius 3 is 2.77 bits per heavy atom. The van der Waals surface area contributed by atoms with E-state index in [0.29, 0.717) is 29.3 Å². The van der Waals surface area contributed by atoms with Gasteiger partial charge in [0.05, 0.1) is 14.2 Å². The van der Waals surface area contributed by atoms with E-state index in [-0.39, 0.29) is 11.7 Å². The lowest BCUT2D eigenvalue weighted by Crippen LogP contribution is -2.39. The third-order valence-electron chi connectivity index (χ3n) is 4.63. The number of hydrogen-bond donors (Lipinski definition) is 0. The molecule has 3 rings (SSSR count). The van der Waals surface area contributed by atoms with Gasteiger partial charge in [0.1, 0.15) is 17.6 Å². The van der Waals surface area contributed by atoms with Crippen LogP contribution in [-0.2, 0) is 0 Å². The van der Waals surface area contributed by atoms with Crippen molar-refractivity contribution in [2.75, 3.05) is 32.2 Å². The summed E-state index contributed by atoms with van der Waals surface area (Å²) >= 11 is 0. The zero-order chi connectivity index (χ0) is 18.5. The Hall–Kier alpha value is -3.07. The number of ketones is 1. The monoisotopic (exact) mass is 351 g/mol. The van der Waals surface area contributed by atoms with E-state index in [0.717, 1.165) is 25.2 Å². The lowest BCUT2D eigenvalue weighted by molar-refractivity contribution is 0.0906. The summed E-state index contributed by atoms with van der Waals surface area (Å²) in [4.78, 5) is 19.4. The highest BCUT2D eigenvalue weighted by Crippen LogP contribution is 2.30. The van der Waals surface area contributed by atoms with Gasteiger partial charge in [-0.25, -0.2) is 4.98 Å². The van der Waals surface area contributed by atoms with Gasteiger partial charge in [0.2, 0.25) is 0 Å². The van der Waals surface area contributed by atoms with E-state index in [1.54, 1.807) is 38.5 Å². The molecular formula is C20H21N3O3. The first-order chi connectivity index (χ1) is 12.7. The van der Waals surface area contributed by atoms with Gasteiger partial charge in [-0.3, -0.25) is 4.79 Å². The predicted molar refractivity (Wildman–Crippen MR) is 97.8 cm³/mol. The molecule has 1 aliphatic rings. The summed E-state index contributed by atoms with van der Waals surface area (Å²) in [5.41, 5.74) is 1.00. The molecule has 134 valence electrons. The fourth-order valence-corrected chi connectivity index (χ4v) is 3.29. The molecule has 0 bridgehead atoms. The van der Waals surface area contributed by atoms with E-state index in [2.05, 4.69) is 16.0 Å². The van der Waals surface area contributed by atoms with Crippen LogP contribution in [-0.4, -0.2) is 38.1 Å². The highest BCUT2D eigenvalue weighted by atomic mass is 16.5. The van der Waals surface area contributed by atoms with Crippen molar-refractivity contribution in [3.05, 3.63) is 47.7 Å². The van der Waals surface area contributed by atoms with Gasteiger partial charge >= 0.3 is 0 Å². The van der Waals surface area contributed by atoms with Crippen LogP contribution in [0.2, 0.25) is 0 Å². The third kappa shape index (κ3) is 3.62. The zero-order valence-corrected chi connectivity index (χ0v) is 14.9. The average Bonchev–Trinajstić information content (AvgIpc) is 2.72. The lowest BCUT2D eigenvalue weighted by Gasteiger charge is -2.33. The van der Waals surface area contributed by atoms with Crippen molar-refractivity contribution in [3.8, 4) is 17.6 Å². The van der Waals surface area contributed by atoms with Crippen LogP contribution in [0.25, 0.3) is 0 Å². The Kier molecular flexibility index (Phi) is 5.37. The molecule has 6 nitrogen and oxygen atoms in total. The largest absolute Gasteiger partial charge is 0.493 e. The van der Waals surface area contributed by atoms with E-state index in [1.807, 2.05) is 12.1 Å². The van der Waals surface area contributed by atoms with Gasteiger partial charge in [-0.2, -0.15) is 5.26 Å². The molecule has 26 heavy (non-hydrogen) atoms. The molecule has 1 aromatic heterocycles. The Bertz CT molecular complexity index is 844. The maximum Gasteiger partial charge on any atom is 0.167 e. The maximum atomic E-state index is 13.0. The minimum Gasteiger partial charge on any atom is -0.493 e. The van der Waals surface area contributed by atoms with Crippen molar-refractivity contribution >= 4 is 11.6 Å². The van der Waals surface area contributed by atoms with Crippen LogP contribution in [0.3, 0.4) is 0 Å². The molecule has 1 aliphatic heterocycles. The quantitative estimate of drug-likeness (QED) is 0.771. The maximum absolute atomic E-state index is 13.0. The molecule has 1 atom stereocenters. The summed E-state index contributed by atoms with van der Waals surface area (Å²) in [6.45, 7) is 1.42. The molecular weight excluding hydrogens is 330 g/mol. The first-order valence-electron chi connectivity index (χ1n) is 8.54. The van der Waals surface area contributed by atoms with Crippen molar-refractivity contribution in [2.24, 2.45) is 5.92 Å². The van der Waals surface area contributed by atoms with Gasteiger partial charge in [0.25, 0.3) is 0 Å². The van der Waals surface area contributed by atoms with E-state index in [1.165, 1.54) is 0 Å². The molecule has 1 unspecified atom stereocenters. The number of nitrogens with zero attached hydrogens (tertiary/aromatic N) is 3. The summed E-state index contributed by atoms with van der Waals surface area (Å²) in [5, 5.41) is 9.03. The molecule has 0 aliphatic carbocycles. The minimum atomic E-state index is -0.116. The van der Waals surface area contributed by atoms with E-state index >= 15 is 0 Å². The highest BCUT2D eigenvalue weighted by Gasteiger charge is 2.28. The number of ether oxygens (including phenoxy) is 2. The number of pyridine rings is 1. The van der Waals surface area contributed by atoms with Gasteiger partial charge in [-0.1, -0.05) is 6.07 Å². The molecule has 0 radical (unpaired) electrons. The lowest BCUT2D eigenvalue weighted by atomic mass is 9.90. The molecule has 6 heteroatoms. The number of nitriles is 1. The Balaban J connectivity index is 1.79. The summed E-state index contributed by atoms with van der Waals surface area (Å²) in [6.07, 6.45) is 1.74. The molecule has 1 fully saturated rings.